The third-order valence-electron chi connectivity index (χ3n) is 3.55. The van der Waals surface area contributed by atoms with Crippen LogP contribution in [0.25, 0.3) is 0 Å². The number of phenols is 1. The Kier molecular flexibility index (Phi) is 6.99. The van der Waals surface area contributed by atoms with Gasteiger partial charge in [0.15, 0.2) is 6.79 Å². The average molecular weight is 360 g/mol. The summed E-state index contributed by atoms with van der Waals surface area (Å²) < 4.78 is 20.1. The molecule has 0 aliphatic carbocycles. The molecule has 0 fully saturated rings. The predicted octanol–water partition coefficient (Wildman–Crippen LogP) is 2.45. The van der Waals surface area contributed by atoms with E-state index in [4.69, 9.17) is 9.47 Å². The van der Waals surface area contributed by atoms with Crippen molar-refractivity contribution in [1.29, 1.82) is 0 Å². The number of rotatable bonds is 8. The Morgan fingerprint density at radius 2 is 1.77 bits per heavy atom. The smallest absolute Gasteiger partial charge is 0.341 e. The maximum absolute atomic E-state index is 11.9. The Morgan fingerprint density at radius 1 is 1.04 bits per heavy atom. The molecule has 2 aromatic rings. The Bertz CT molecular complexity index is 756. The topological polar surface area (TPSA) is 91.3 Å². The van der Waals surface area contributed by atoms with E-state index >= 15 is 0 Å². The number of hydrogen-bond acceptors (Lipinski definition) is 7. The fourth-order valence-corrected chi connectivity index (χ4v) is 2.29. The summed E-state index contributed by atoms with van der Waals surface area (Å²) in [6, 6.07) is 12.3. The standard InChI is InChI=1S/C19H20O7/c1-23-17(21)9-14-8-15(10-16(20)18(14)19(22)24-2)26-12-25-11-13-6-4-3-5-7-13/h3-8,10,20H,9,11-12H2,1-2H3. The van der Waals surface area contributed by atoms with Crippen molar-refractivity contribution in [2.24, 2.45) is 0 Å². The molecule has 0 spiro atoms. The summed E-state index contributed by atoms with van der Waals surface area (Å²) in [7, 11) is 2.42. The molecule has 0 atom stereocenters. The number of hydrogen-bond donors (Lipinski definition) is 1. The van der Waals surface area contributed by atoms with Crippen LogP contribution in [0.5, 0.6) is 11.5 Å². The fraction of sp³-hybridized carbons (Fsp3) is 0.263. The highest BCUT2D eigenvalue weighted by Crippen LogP contribution is 2.29. The average Bonchev–Trinajstić information content (AvgIpc) is 2.65. The highest BCUT2D eigenvalue weighted by atomic mass is 16.7. The van der Waals surface area contributed by atoms with Gasteiger partial charge < -0.3 is 24.1 Å². The number of carbonyl (C=O) groups is 2. The second-order valence-electron chi connectivity index (χ2n) is 5.32. The van der Waals surface area contributed by atoms with E-state index in [1.54, 1.807) is 0 Å². The largest absolute Gasteiger partial charge is 0.507 e. The van der Waals surface area contributed by atoms with Crippen molar-refractivity contribution in [2.75, 3.05) is 21.0 Å². The first kappa shape index (κ1) is 19.3. The highest BCUT2D eigenvalue weighted by molar-refractivity contribution is 5.95. The first-order valence-corrected chi connectivity index (χ1v) is 7.80. The van der Waals surface area contributed by atoms with Crippen molar-refractivity contribution < 1.29 is 33.6 Å². The summed E-state index contributed by atoms with van der Waals surface area (Å²) in [6.45, 7) is 0.297. The van der Waals surface area contributed by atoms with Gasteiger partial charge in [0.1, 0.15) is 17.1 Å². The van der Waals surface area contributed by atoms with Crippen LogP contribution in [-0.4, -0.2) is 38.1 Å². The Labute approximate surface area is 151 Å². The Morgan fingerprint density at radius 3 is 2.42 bits per heavy atom. The van der Waals surface area contributed by atoms with Crippen molar-refractivity contribution in [1.82, 2.24) is 0 Å². The van der Waals surface area contributed by atoms with Gasteiger partial charge in [-0.3, -0.25) is 4.79 Å². The lowest BCUT2D eigenvalue weighted by atomic mass is 10.0. The lowest BCUT2D eigenvalue weighted by molar-refractivity contribution is -0.139. The van der Waals surface area contributed by atoms with Gasteiger partial charge in [0.05, 0.1) is 27.2 Å². The molecule has 26 heavy (non-hydrogen) atoms. The quantitative estimate of drug-likeness (QED) is 0.439. The predicted molar refractivity (Wildman–Crippen MR) is 91.9 cm³/mol. The molecule has 0 radical (unpaired) electrons. The first-order valence-electron chi connectivity index (χ1n) is 7.80. The summed E-state index contributed by atoms with van der Waals surface area (Å²) in [4.78, 5) is 23.4. The van der Waals surface area contributed by atoms with E-state index in [1.807, 2.05) is 30.3 Å². The maximum atomic E-state index is 11.9. The molecule has 7 nitrogen and oxygen atoms in total. The second kappa shape index (κ2) is 9.43. The van der Waals surface area contributed by atoms with Gasteiger partial charge in [-0.1, -0.05) is 30.3 Å². The minimum Gasteiger partial charge on any atom is -0.507 e. The molecule has 138 valence electrons. The minimum absolute atomic E-state index is 0.0659. The summed E-state index contributed by atoms with van der Waals surface area (Å²) >= 11 is 0. The molecule has 0 bridgehead atoms. The van der Waals surface area contributed by atoms with Crippen LogP contribution < -0.4 is 4.74 Å². The number of methoxy groups -OCH3 is 2. The monoisotopic (exact) mass is 360 g/mol. The van der Waals surface area contributed by atoms with Gasteiger partial charge in [-0.15, -0.1) is 0 Å². The van der Waals surface area contributed by atoms with E-state index in [1.165, 1.54) is 26.4 Å². The van der Waals surface area contributed by atoms with Crippen LogP contribution in [0.4, 0.5) is 0 Å². The zero-order chi connectivity index (χ0) is 18.9. The van der Waals surface area contributed by atoms with Gasteiger partial charge in [0, 0.05) is 6.07 Å². The van der Waals surface area contributed by atoms with Gasteiger partial charge in [0.2, 0.25) is 0 Å². The molecule has 0 saturated heterocycles. The van der Waals surface area contributed by atoms with Gasteiger partial charge >= 0.3 is 11.9 Å². The molecule has 0 saturated carbocycles. The third kappa shape index (κ3) is 5.22. The molecular formula is C19H20O7. The summed E-state index contributed by atoms with van der Waals surface area (Å²) in [5.74, 6) is -1.42. The lowest BCUT2D eigenvalue weighted by Crippen LogP contribution is -2.12. The molecular weight excluding hydrogens is 340 g/mol. The molecule has 0 aliphatic heterocycles. The zero-order valence-electron chi connectivity index (χ0n) is 14.6. The van der Waals surface area contributed by atoms with Gasteiger partial charge in [-0.05, 0) is 17.2 Å². The molecule has 0 unspecified atom stereocenters. The van der Waals surface area contributed by atoms with Crippen molar-refractivity contribution in [2.45, 2.75) is 13.0 Å². The second-order valence-corrected chi connectivity index (χ2v) is 5.32. The lowest BCUT2D eigenvalue weighted by Gasteiger charge is -2.13. The number of aromatic hydroxyl groups is 1. The van der Waals surface area contributed by atoms with E-state index < -0.39 is 11.9 Å². The molecule has 0 aliphatic rings. The van der Waals surface area contributed by atoms with Crippen LogP contribution in [-0.2, 0) is 32.0 Å². The van der Waals surface area contributed by atoms with E-state index in [0.29, 0.717) is 6.61 Å². The third-order valence-corrected chi connectivity index (χ3v) is 3.55. The summed E-state index contributed by atoms with van der Waals surface area (Å²) in [5.41, 5.74) is 1.13. The van der Waals surface area contributed by atoms with Crippen LogP contribution in [0.3, 0.4) is 0 Å². The number of ether oxygens (including phenoxy) is 4. The van der Waals surface area contributed by atoms with Crippen LogP contribution >= 0.6 is 0 Å². The minimum atomic E-state index is -0.756. The van der Waals surface area contributed by atoms with Crippen molar-refractivity contribution >= 4 is 11.9 Å². The van der Waals surface area contributed by atoms with Crippen LogP contribution in [0.2, 0.25) is 0 Å². The zero-order valence-corrected chi connectivity index (χ0v) is 14.6. The van der Waals surface area contributed by atoms with E-state index in [2.05, 4.69) is 9.47 Å². The molecule has 7 heteroatoms. The first-order chi connectivity index (χ1) is 12.5. The molecule has 2 aromatic carbocycles. The number of carbonyl (C=O) groups excluding carboxylic acids is 2. The molecule has 0 heterocycles. The molecule has 0 amide bonds. The summed E-state index contributed by atoms with van der Waals surface area (Å²) in [6.07, 6.45) is -0.212. The van der Waals surface area contributed by atoms with Gasteiger partial charge in [0.25, 0.3) is 0 Å². The molecule has 2 rings (SSSR count). The van der Waals surface area contributed by atoms with E-state index in [-0.39, 0.29) is 35.8 Å². The van der Waals surface area contributed by atoms with Gasteiger partial charge in [-0.2, -0.15) is 0 Å². The number of benzene rings is 2. The number of esters is 2. The van der Waals surface area contributed by atoms with Crippen molar-refractivity contribution in [3.63, 3.8) is 0 Å². The maximum Gasteiger partial charge on any atom is 0.341 e. The number of phenolic OH excluding ortho intramolecular Hbond substituents is 1. The van der Waals surface area contributed by atoms with E-state index in [0.717, 1.165) is 5.56 Å². The SMILES string of the molecule is COC(=O)Cc1cc(OCOCc2ccccc2)cc(O)c1C(=O)OC. The normalized spacial score (nSPS) is 10.2. The Balaban J connectivity index is 2.08. The van der Waals surface area contributed by atoms with Crippen LogP contribution in [0.15, 0.2) is 42.5 Å². The van der Waals surface area contributed by atoms with Crippen LogP contribution in [0, 0.1) is 0 Å². The van der Waals surface area contributed by atoms with Crippen LogP contribution in [0.1, 0.15) is 21.5 Å². The van der Waals surface area contributed by atoms with E-state index in [9.17, 15) is 14.7 Å². The molecule has 0 aromatic heterocycles. The van der Waals surface area contributed by atoms with Crippen molar-refractivity contribution in [3.8, 4) is 11.5 Å². The Hall–Kier alpha value is -3.06. The fourth-order valence-electron chi connectivity index (χ4n) is 2.29. The molecule has 1 N–H and O–H groups in total. The van der Waals surface area contributed by atoms with Crippen molar-refractivity contribution in [3.05, 3.63) is 59.2 Å². The van der Waals surface area contributed by atoms with Gasteiger partial charge in [-0.25, -0.2) is 4.79 Å². The summed E-state index contributed by atoms with van der Waals surface area (Å²) in [5, 5.41) is 10.1. The highest BCUT2D eigenvalue weighted by Gasteiger charge is 2.21.